The fourth-order valence-electron chi connectivity index (χ4n) is 6.89. The van der Waals surface area contributed by atoms with E-state index in [1.807, 2.05) is 19.3 Å². The molecule has 3 atom stereocenters. The predicted molar refractivity (Wildman–Crippen MR) is 134 cm³/mol. The van der Waals surface area contributed by atoms with Crippen molar-refractivity contribution in [2.24, 2.45) is 18.9 Å². The highest BCUT2D eigenvalue weighted by Gasteiger charge is 2.61. The lowest BCUT2D eigenvalue weighted by molar-refractivity contribution is -0.232. The van der Waals surface area contributed by atoms with E-state index < -0.39 is 21.4 Å². The normalized spacial score (nSPS) is 27.4. The Kier molecular flexibility index (Phi) is 5.46. The van der Waals surface area contributed by atoms with Gasteiger partial charge in [-0.15, -0.1) is 4.09 Å². The third kappa shape index (κ3) is 3.21. The van der Waals surface area contributed by atoms with E-state index in [2.05, 4.69) is 36.3 Å². The van der Waals surface area contributed by atoms with Crippen LogP contribution < -0.4 is 0 Å². The zero-order valence-corrected chi connectivity index (χ0v) is 22.0. The molecule has 192 valence electrons. The molecule has 0 bridgehead atoms. The van der Waals surface area contributed by atoms with Crippen molar-refractivity contribution >= 4 is 10.2 Å². The van der Waals surface area contributed by atoms with Crippen molar-refractivity contribution in [3.63, 3.8) is 0 Å². The van der Waals surface area contributed by atoms with Crippen LogP contribution in [0.4, 0.5) is 0 Å². The number of fused-ring (bicyclic) bond motifs is 3. The Labute approximate surface area is 212 Å². The van der Waals surface area contributed by atoms with E-state index >= 15 is 0 Å². The van der Waals surface area contributed by atoms with Crippen LogP contribution >= 0.6 is 0 Å². The smallest absolute Gasteiger partial charge is 0.323 e. The van der Waals surface area contributed by atoms with Crippen molar-refractivity contribution in [2.45, 2.75) is 43.8 Å². The van der Waals surface area contributed by atoms with Crippen molar-refractivity contribution < 1.29 is 17.9 Å². The average Bonchev–Trinajstić information content (AvgIpc) is 3.61. The summed E-state index contributed by atoms with van der Waals surface area (Å²) in [5.74, 6) is -0.267. The van der Waals surface area contributed by atoms with E-state index in [1.54, 1.807) is 25.0 Å². The third-order valence-corrected chi connectivity index (χ3v) is 10.2. The van der Waals surface area contributed by atoms with Gasteiger partial charge in [-0.05, 0) is 30.7 Å². The number of hydrogen-bond acceptors (Lipinski definition) is 6. The number of rotatable bonds is 4. The van der Waals surface area contributed by atoms with Crippen LogP contribution in [0.25, 0.3) is 11.3 Å². The fourth-order valence-corrected chi connectivity index (χ4v) is 7.83. The lowest BCUT2D eigenvalue weighted by Gasteiger charge is -2.55. The van der Waals surface area contributed by atoms with Crippen molar-refractivity contribution in [3.8, 4) is 11.3 Å². The molecule has 6 rings (SSSR count). The average molecular weight is 512 g/mol. The molecule has 0 N–H and O–H groups in total. The summed E-state index contributed by atoms with van der Waals surface area (Å²) in [6.07, 6.45) is 6.69. The molecule has 2 aromatic heterocycles. The summed E-state index contributed by atoms with van der Waals surface area (Å²) in [4.78, 5) is 0. The van der Waals surface area contributed by atoms with Crippen molar-refractivity contribution in [3.05, 3.63) is 59.5 Å². The van der Waals surface area contributed by atoms with Crippen LogP contribution in [0, 0.1) is 11.8 Å². The largest absolute Gasteiger partial charge is 0.347 e. The highest BCUT2D eigenvalue weighted by Crippen LogP contribution is 2.60. The van der Waals surface area contributed by atoms with E-state index in [0.717, 1.165) is 42.5 Å². The lowest BCUT2D eigenvalue weighted by Crippen LogP contribution is -2.56. The van der Waals surface area contributed by atoms with Crippen LogP contribution in [-0.4, -0.2) is 64.8 Å². The molecule has 3 heterocycles. The predicted octanol–water partition coefficient (Wildman–Crippen LogP) is 2.96. The molecule has 1 aromatic carbocycles. The summed E-state index contributed by atoms with van der Waals surface area (Å²) in [5, 5.41) is 9.32. The van der Waals surface area contributed by atoms with Crippen LogP contribution in [0.1, 0.15) is 43.0 Å². The van der Waals surface area contributed by atoms with Gasteiger partial charge in [-0.2, -0.15) is 22.9 Å². The van der Waals surface area contributed by atoms with E-state index in [-0.39, 0.29) is 11.8 Å². The molecule has 3 unspecified atom stereocenters. The quantitative estimate of drug-likeness (QED) is 0.535. The van der Waals surface area contributed by atoms with Gasteiger partial charge in [0, 0.05) is 56.2 Å². The van der Waals surface area contributed by atoms with Crippen LogP contribution in [0.2, 0.25) is 0 Å². The Bertz CT molecular complexity index is 1390. The molecule has 0 amide bonds. The zero-order valence-electron chi connectivity index (χ0n) is 21.2. The zero-order chi connectivity index (χ0) is 25.3. The molecule has 1 aliphatic heterocycles. The fraction of sp³-hybridized carbons (Fsp3) is 0.538. The molecule has 36 heavy (non-hydrogen) atoms. The molecular weight excluding hydrogens is 478 g/mol. The number of aromatic nitrogens is 4. The second kappa shape index (κ2) is 8.24. The molecule has 1 spiro atoms. The highest BCUT2D eigenvalue weighted by molar-refractivity contribution is 7.87. The maximum atomic E-state index is 13.6. The molecule has 1 saturated carbocycles. The monoisotopic (exact) mass is 511 g/mol. The van der Waals surface area contributed by atoms with Gasteiger partial charge in [0.15, 0.2) is 5.79 Å². The summed E-state index contributed by atoms with van der Waals surface area (Å²) in [6, 6.07) is 10.5. The minimum Gasteiger partial charge on any atom is -0.347 e. The number of benzene rings is 1. The van der Waals surface area contributed by atoms with E-state index in [0.29, 0.717) is 18.9 Å². The Morgan fingerprint density at radius 1 is 1.11 bits per heavy atom. The van der Waals surface area contributed by atoms with E-state index in [4.69, 9.17) is 14.6 Å². The maximum absolute atomic E-state index is 13.6. The van der Waals surface area contributed by atoms with Gasteiger partial charge in [0.1, 0.15) is 0 Å². The Balaban J connectivity index is 1.63. The molecule has 1 saturated heterocycles. The number of nitrogens with zero attached hydrogens (tertiary/aromatic N) is 5. The number of ether oxygens (including phenoxy) is 2. The Morgan fingerprint density at radius 3 is 2.47 bits per heavy atom. The number of hydrogen-bond donors (Lipinski definition) is 0. The standard InChI is InChI=1S/C26H33N5O4S/c1-18-22-11-10-21-23(19-16-27-30(4)17-19)31(36(32,33)29(2)3)28-24(21)25(22,20-8-6-5-7-9-20)12-13-26(18)34-14-15-35-26/h5-9,16-18,22H,10-15H2,1-4H3. The Hall–Kier alpha value is -2.53. The first-order chi connectivity index (χ1) is 17.2. The van der Waals surface area contributed by atoms with Crippen molar-refractivity contribution in [1.82, 2.24) is 23.3 Å². The molecule has 3 aliphatic rings. The van der Waals surface area contributed by atoms with Crippen LogP contribution in [0.5, 0.6) is 0 Å². The van der Waals surface area contributed by atoms with Crippen molar-refractivity contribution in [1.29, 1.82) is 0 Å². The van der Waals surface area contributed by atoms with Gasteiger partial charge in [-0.3, -0.25) is 4.68 Å². The summed E-state index contributed by atoms with van der Waals surface area (Å²) < 4.78 is 43.8. The van der Waals surface area contributed by atoms with Gasteiger partial charge >= 0.3 is 10.2 Å². The van der Waals surface area contributed by atoms with E-state index in [1.165, 1.54) is 14.0 Å². The molecule has 2 aliphatic carbocycles. The van der Waals surface area contributed by atoms with E-state index in [9.17, 15) is 8.42 Å². The van der Waals surface area contributed by atoms with Crippen LogP contribution in [-0.2, 0) is 38.6 Å². The van der Waals surface area contributed by atoms with Gasteiger partial charge in [0.2, 0.25) is 0 Å². The van der Waals surface area contributed by atoms with Gasteiger partial charge in [0.25, 0.3) is 0 Å². The first-order valence-corrected chi connectivity index (χ1v) is 14.0. The highest BCUT2D eigenvalue weighted by atomic mass is 32.2. The topological polar surface area (TPSA) is 91.5 Å². The lowest BCUT2D eigenvalue weighted by atomic mass is 9.52. The molecule has 10 heteroatoms. The van der Waals surface area contributed by atoms with Gasteiger partial charge in [0.05, 0.1) is 30.8 Å². The van der Waals surface area contributed by atoms with Gasteiger partial charge < -0.3 is 9.47 Å². The second-order valence-corrected chi connectivity index (χ2v) is 12.5. The summed E-state index contributed by atoms with van der Waals surface area (Å²) >= 11 is 0. The molecular formula is C26H33N5O4S. The second-order valence-electron chi connectivity index (χ2n) is 10.5. The maximum Gasteiger partial charge on any atom is 0.323 e. The summed E-state index contributed by atoms with van der Waals surface area (Å²) in [7, 11) is 1.05. The number of aryl methyl sites for hydroxylation is 1. The third-order valence-electron chi connectivity index (χ3n) is 8.60. The molecule has 0 radical (unpaired) electrons. The molecule has 9 nitrogen and oxygen atoms in total. The van der Waals surface area contributed by atoms with Crippen LogP contribution in [0.3, 0.4) is 0 Å². The molecule has 3 aromatic rings. The van der Waals surface area contributed by atoms with Gasteiger partial charge in [-0.25, -0.2) is 0 Å². The first kappa shape index (κ1) is 23.8. The Morgan fingerprint density at radius 2 is 1.83 bits per heavy atom. The minimum atomic E-state index is -3.87. The van der Waals surface area contributed by atoms with Gasteiger partial charge in [-0.1, -0.05) is 37.3 Å². The molecule has 2 fully saturated rings. The van der Waals surface area contributed by atoms with Crippen LogP contribution in [0.15, 0.2) is 42.7 Å². The minimum absolute atomic E-state index is 0.125. The summed E-state index contributed by atoms with van der Waals surface area (Å²) in [5.41, 5.74) is 3.93. The summed E-state index contributed by atoms with van der Waals surface area (Å²) in [6.45, 7) is 3.45. The first-order valence-electron chi connectivity index (χ1n) is 12.6. The SMILES string of the molecule is CC1C2CCc3c(nn(S(=O)(=O)N(C)C)c3-c3cnn(C)c3)C2(c2ccccc2)CCC12OCCO2. The van der Waals surface area contributed by atoms with Crippen molar-refractivity contribution in [2.75, 3.05) is 27.3 Å².